The number of halogens is 1. The lowest BCUT2D eigenvalue weighted by molar-refractivity contribution is 0.0676. The Morgan fingerprint density at radius 1 is 1.21 bits per heavy atom. The van der Waals surface area contributed by atoms with E-state index in [2.05, 4.69) is 23.6 Å². The van der Waals surface area contributed by atoms with E-state index in [1.165, 1.54) is 12.0 Å². The summed E-state index contributed by atoms with van der Waals surface area (Å²) in [6.45, 7) is 6.09. The van der Waals surface area contributed by atoms with Crippen molar-refractivity contribution < 1.29 is 4.39 Å². The van der Waals surface area contributed by atoms with Crippen LogP contribution >= 0.6 is 0 Å². The van der Waals surface area contributed by atoms with E-state index in [-0.39, 0.29) is 0 Å². The van der Waals surface area contributed by atoms with E-state index >= 15 is 0 Å². The lowest BCUT2D eigenvalue weighted by Gasteiger charge is -2.34. The van der Waals surface area contributed by atoms with Crippen molar-refractivity contribution in [2.75, 3.05) is 13.1 Å². The minimum Gasteiger partial charge on any atom is -0.296 e. The molecular weight excluding hydrogens is 237 g/mol. The van der Waals surface area contributed by atoms with Crippen LogP contribution in [0.4, 0.5) is 4.39 Å². The zero-order chi connectivity index (χ0) is 13.6. The number of allylic oxidation sites excluding steroid dienone is 1. The van der Waals surface area contributed by atoms with Gasteiger partial charge in [0.05, 0.1) is 0 Å². The smallest absolute Gasteiger partial charge is 0.127 e. The Hall–Kier alpha value is -1.15. The monoisotopic (exact) mass is 261 g/mol. The molecule has 0 aromatic heterocycles. The van der Waals surface area contributed by atoms with E-state index < -0.39 is 5.67 Å². The number of nitrogens with zero attached hydrogens (tertiary/aromatic N) is 1. The molecule has 0 amide bonds. The van der Waals surface area contributed by atoms with Crippen molar-refractivity contribution in [2.24, 2.45) is 0 Å². The Kier molecular flexibility index (Phi) is 5.15. The van der Waals surface area contributed by atoms with Crippen LogP contribution in [0.15, 0.2) is 43.0 Å². The third-order valence-corrected chi connectivity index (χ3v) is 3.87. The van der Waals surface area contributed by atoms with Crippen LogP contribution in [-0.2, 0) is 6.54 Å². The maximum Gasteiger partial charge on any atom is 0.127 e. The van der Waals surface area contributed by atoms with Gasteiger partial charge in [-0.1, -0.05) is 49.2 Å². The van der Waals surface area contributed by atoms with Crippen LogP contribution in [0.1, 0.15) is 37.7 Å². The van der Waals surface area contributed by atoms with Gasteiger partial charge in [0.1, 0.15) is 5.67 Å². The summed E-state index contributed by atoms with van der Waals surface area (Å²) < 4.78 is 14.9. The van der Waals surface area contributed by atoms with Crippen molar-refractivity contribution in [1.82, 2.24) is 4.90 Å². The molecule has 1 fully saturated rings. The molecule has 1 aliphatic rings. The lowest BCUT2D eigenvalue weighted by Crippen LogP contribution is -2.41. The van der Waals surface area contributed by atoms with Crippen LogP contribution in [0.2, 0.25) is 0 Å². The minimum atomic E-state index is -1.09. The van der Waals surface area contributed by atoms with E-state index in [0.717, 1.165) is 25.9 Å². The molecule has 0 aliphatic carbocycles. The summed E-state index contributed by atoms with van der Waals surface area (Å²) in [5.41, 5.74) is 0.181. The van der Waals surface area contributed by atoms with Gasteiger partial charge in [-0.3, -0.25) is 4.90 Å². The van der Waals surface area contributed by atoms with Crippen LogP contribution in [-0.4, -0.2) is 23.7 Å². The predicted molar refractivity (Wildman–Crippen MR) is 78.8 cm³/mol. The Labute approximate surface area is 116 Å². The van der Waals surface area contributed by atoms with E-state index in [1.807, 2.05) is 18.2 Å². The van der Waals surface area contributed by atoms with Crippen LogP contribution in [0, 0.1) is 0 Å². The predicted octanol–water partition coefficient (Wildman–Crippen LogP) is 4.35. The normalized spacial score (nSPS) is 25.5. The maximum atomic E-state index is 14.9. The van der Waals surface area contributed by atoms with Crippen molar-refractivity contribution >= 4 is 0 Å². The molecule has 1 unspecified atom stereocenters. The summed E-state index contributed by atoms with van der Waals surface area (Å²) in [6, 6.07) is 10.4. The summed E-state index contributed by atoms with van der Waals surface area (Å²) in [5, 5.41) is 0. The Morgan fingerprint density at radius 2 is 2.00 bits per heavy atom. The third kappa shape index (κ3) is 4.46. The van der Waals surface area contributed by atoms with Crippen molar-refractivity contribution in [3.63, 3.8) is 0 Å². The number of likely N-dealkylation sites (tertiary alicyclic amines) is 1. The Bertz CT molecular complexity index is 390. The number of benzene rings is 1. The van der Waals surface area contributed by atoms with Gasteiger partial charge in [0, 0.05) is 19.5 Å². The molecule has 19 heavy (non-hydrogen) atoms. The van der Waals surface area contributed by atoms with Crippen LogP contribution in [0.5, 0.6) is 0 Å². The first-order valence-corrected chi connectivity index (χ1v) is 7.28. The second-order valence-electron chi connectivity index (χ2n) is 5.65. The molecule has 1 heterocycles. The van der Waals surface area contributed by atoms with Crippen LogP contribution in [0.3, 0.4) is 0 Å². The molecule has 0 spiro atoms. The SMILES string of the molecule is C=CCC1(F)CCCCCN(Cc2ccccc2)C1. The summed E-state index contributed by atoms with van der Waals surface area (Å²) >= 11 is 0. The molecule has 1 atom stereocenters. The molecule has 1 aliphatic heterocycles. The molecule has 1 nitrogen and oxygen atoms in total. The van der Waals surface area contributed by atoms with E-state index in [4.69, 9.17) is 0 Å². The molecule has 1 aromatic rings. The molecule has 104 valence electrons. The number of hydrogen-bond acceptors (Lipinski definition) is 1. The van der Waals surface area contributed by atoms with Gasteiger partial charge in [-0.2, -0.15) is 0 Å². The molecule has 0 bridgehead atoms. The number of hydrogen-bond donors (Lipinski definition) is 0. The first kappa shape index (κ1) is 14.3. The fourth-order valence-corrected chi connectivity index (χ4v) is 2.91. The molecule has 2 heteroatoms. The van der Waals surface area contributed by atoms with Crippen LogP contribution in [0.25, 0.3) is 0 Å². The fraction of sp³-hybridized carbons (Fsp3) is 0.529. The molecular formula is C17H24FN. The largest absolute Gasteiger partial charge is 0.296 e. The van der Waals surface area contributed by atoms with E-state index in [1.54, 1.807) is 6.08 Å². The highest BCUT2D eigenvalue weighted by molar-refractivity contribution is 5.14. The van der Waals surface area contributed by atoms with Gasteiger partial charge in [-0.15, -0.1) is 6.58 Å². The molecule has 1 aromatic carbocycles. The van der Waals surface area contributed by atoms with E-state index in [0.29, 0.717) is 19.4 Å². The molecule has 0 radical (unpaired) electrons. The van der Waals surface area contributed by atoms with Crippen molar-refractivity contribution in [2.45, 2.75) is 44.3 Å². The molecule has 1 saturated heterocycles. The highest BCUT2D eigenvalue weighted by Crippen LogP contribution is 2.28. The first-order valence-electron chi connectivity index (χ1n) is 7.28. The van der Waals surface area contributed by atoms with Gasteiger partial charge in [0.15, 0.2) is 0 Å². The topological polar surface area (TPSA) is 3.24 Å². The Balaban J connectivity index is 2.02. The van der Waals surface area contributed by atoms with Crippen molar-refractivity contribution in [1.29, 1.82) is 0 Å². The average Bonchev–Trinajstić information content (AvgIpc) is 2.37. The zero-order valence-electron chi connectivity index (χ0n) is 11.7. The molecule has 0 saturated carbocycles. The highest BCUT2D eigenvalue weighted by atomic mass is 19.1. The highest BCUT2D eigenvalue weighted by Gasteiger charge is 2.31. The van der Waals surface area contributed by atoms with Gasteiger partial charge in [0.25, 0.3) is 0 Å². The summed E-state index contributed by atoms with van der Waals surface area (Å²) in [6.07, 6.45) is 6.18. The Morgan fingerprint density at radius 3 is 2.74 bits per heavy atom. The van der Waals surface area contributed by atoms with Gasteiger partial charge in [-0.25, -0.2) is 4.39 Å². The van der Waals surface area contributed by atoms with E-state index in [9.17, 15) is 4.39 Å². The van der Waals surface area contributed by atoms with Crippen molar-refractivity contribution in [3.05, 3.63) is 48.6 Å². The zero-order valence-corrected chi connectivity index (χ0v) is 11.7. The summed E-state index contributed by atoms with van der Waals surface area (Å²) in [5.74, 6) is 0. The summed E-state index contributed by atoms with van der Waals surface area (Å²) in [7, 11) is 0. The van der Waals surface area contributed by atoms with Gasteiger partial charge in [0.2, 0.25) is 0 Å². The fourth-order valence-electron chi connectivity index (χ4n) is 2.91. The number of rotatable bonds is 4. The molecule has 0 N–H and O–H groups in total. The third-order valence-electron chi connectivity index (χ3n) is 3.87. The second-order valence-corrected chi connectivity index (χ2v) is 5.65. The molecule has 2 rings (SSSR count). The lowest BCUT2D eigenvalue weighted by atomic mass is 9.91. The average molecular weight is 261 g/mol. The second kappa shape index (κ2) is 6.85. The van der Waals surface area contributed by atoms with Gasteiger partial charge >= 0.3 is 0 Å². The van der Waals surface area contributed by atoms with Gasteiger partial charge < -0.3 is 0 Å². The maximum absolute atomic E-state index is 14.9. The first-order chi connectivity index (χ1) is 9.22. The number of alkyl halides is 1. The van der Waals surface area contributed by atoms with Crippen LogP contribution < -0.4 is 0 Å². The minimum absolute atomic E-state index is 0.471. The van der Waals surface area contributed by atoms with Crippen molar-refractivity contribution in [3.8, 4) is 0 Å². The standard InChI is InChI=1S/C17H24FN/c1-2-11-17(18)12-7-4-8-13-19(15-17)14-16-9-5-3-6-10-16/h2-3,5-6,9-10H,1,4,7-8,11-15H2. The quantitative estimate of drug-likeness (QED) is 0.728. The van der Waals surface area contributed by atoms with Gasteiger partial charge in [-0.05, 0) is 24.9 Å². The summed E-state index contributed by atoms with van der Waals surface area (Å²) in [4.78, 5) is 2.26.